The summed E-state index contributed by atoms with van der Waals surface area (Å²) in [6.07, 6.45) is -4.40. The molecule has 7 nitrogen and oxygen atoms in total. The standard InChI is InChI=1S/C15H19F3N2O5/c1-20(14(23)19-5-4-6-24-2)13(22)9-7-11(21)12(25-3)8-10(9)15(16,17)18/h7-8,21H,4-6H2,1-3H3,(H,19,23). The second-order valence-corrected chi connectivity index (χ2v) is 5.01. The molecule has 0 saturated carbocycles. The topological polar surface area (TPSA) is 88.1 Å². The van der Waals surface area contributed by atoms with Crippen LogP contribution in [0.15, 0.2) is 12.1 Å². The number of phenols is 1. The van der Waals surface area contributed by atoms with Gasteiger partial charge in [-0.3, -0.25) is 9.69 Å². The number of benzene rings is 1. The van der Waals surface area contributed by atoms with E-state index in [4.69, 9.17) is 4.74 Å². The highest BCUT2D eigenvalue weighted by Crippen LogP contribution is 2.39. The number of nitrogens with one attached hydrogen (secondary N) is 1. The molecule has 0 aliphatic rings. The highest BCUT2D eigenvalue weighted by atomic mass is 19.4. The monoisotopic (exact) mass is 364 g/mol. The number of phenolic OH excluding ortho intramolecular Hbond substituents is 1. The van der Waals surface area contributed by atoms with Gasteiger partial charge in [-0.15, -0.1) is 0 Å². The summed E-state index contributed by atoms with van der Waals surface area (Å²) in [6.45, 7) is 0.562. The van der Waals surface area contributed by atoms with Gasteiger partial charge in [0.1, 0.15) is 0 Å². The van der Waals surface area contributed by atoms with Crippen LogP contribution in [0.25, 0.3) is 0 Å². The highest BCUT2D eigenvalue weighted by molar-refractivity contribution is 6.05. The maximum atomic E-state index is 13.2. The fourth-order valence-corrected chi connectivity index (χ4v) is 1.95. The molecule has 0 fully saturated rings. The molecule has 0 saturated heterocycles. The molecule has 1 aromatic carbocycles. The van der Waals surface area contributed by atoms with Gasteiger partial charge in [-0.2, -0.15) is 13.2 Å². The fraction of sp³-hybridized carbons (Fsp3) is 0.467. The summed E-state index contributed by atoms with van der Waals surface area (Å²) in [7, 11) is 3.60. The number of amides is 3. The normalized spacial score (nSPS) is 11.1. The molecule has 0 bridgehead atoms. The van der Waals surface area contributed by atoms with Gasteiger partial charge in [-0.05, 0) is 18.6 Å². The average molecular weight is 364 g/mol. The maximum absolute atomic E-state index is 13.2. The Morgan fingerprint density at radius 1 is 1.28 bits per heavy atom. The molecule has 0 aliphatic carbocycles. The van der Waals surface area contributed by atoms with Crippen LogP contribution < -0.4 is 10.1 Å². The quantitative estimate of drug-likeness (QED) is 0.756. The Hall–Kier alpha value is -2.49. The van der Waals surface area contributed by atoms with Crippen molar-refractivity contribution in [1.29, 1.82) is 0 Å². The van der Waals surface area contributed by atoms with Crippen molar-refractivity contribution in [3.63, 3.8) is 0 Å². The summed E-state index contributed by atoms with van der Waals surface area (Å²) < 4.78 is 49.0. The third-order valence-corrected chi connectivity index (χ3v) is 3.27. The number of hydrogen-bond donors (Lipinski definition) is 2. The number of carbonyl (C=O) groups excluding carboxylic acids is 2. The predicted molar refractivity (Wildman–Crippen MR) is 81.6 cm³/mol. The maximum Gasteiger partial charge on any atom is 0.417 e. The lowest BCUT2D eigenvalue weighted by Crippen LogP contribution is -2.42. The van der Waals surface area contributed by atoms with E-state index in [1.807, 2.05) is 0 Å². The van der Waals surface area contributed by atoms with Crippen LogP contribution in [0.4, 0.5) is 18.0 Å². The van der Waals surface area contributed by atoms with Crippen molar-refractivity contribution in [2.24, 2.45) is 0 Å². The Morgan fingerprint density at radius 2 is 1.92 bits per heavy atom. The van der Waals surface area contributed by atoms with Crippen molar-refractivity contribution >= 4 is 11.9 Å². The van der Waals surface area contributed by atoms with Gasteiger partial charge in [0.05, 0.1) is 18.2 Å². The first-order chi connectivity index (χ1) is 11.6. The van der Waals surface area contributed by atoms with Crippen LogP contribution in [0.5, 0.6) is 11.5 Å². The highest BCUT2D eigenvalue weighted by Gasteiger charge is 2.38. The zero-order valence-corrected chi connectivity index (χ0v) is 13.9. The number of alkyl halides is 3. The van der Waals surface area contributed by atoms with Gasteiger partial charge in [-0.1, -0.05) is 0 Å². The molecule has 0 aromatic heterocycles. The Labute approximate surface area is 142 Å². The molecule has 0 aliphatic heterocycles. The van der Waals surface area contributed by atoms with Crippen LogP contribution in [0.1, 0.15) is 22.3 Å². The van der Waals surface area contributed by atoms with Gasteiger partial charge in [-0.25, -0.2) is 4.79 Å². The molecule has 0 atom stereocenters. The van der Waals surface area contributed by atoms with E-state index in [0.29, 0.717) is 30.1 Å². The minimum absolute atomic E-state index is 0.185. The van der Waals surface area contributed by atoms with Crippen LogP contribution in [0.3, 0.4) is 0 Å². The summed E-state index contributed by atoms with van der Waals surface area (Å²) in [5, 5.41) is 12.1. The second kappa shape index (κ2) is 8.56. The summed E-state index contributed by atoms with van der Waals surface area (Å²) in [6, 6.07) is 0.260. The molecule has 3 amide bonds. The van der Waals surface area contributed by atoms with Crippen molar-refractivity contribution in [3.05, 3.63) is 23.3 Å². The number of urea groups is 1. The summed E-state index contributed by atoms with van der Waals surface area (Å²) in [4.78, 5) is 24.7. The molecule has 0 spiro atoms. The number of rotatable bonds is 6. The molecule has 2 N–H and O–H groups in total. The molecule has 140 valence electrons. The molecule has 1 rings (SSSR count). The van der Waals surface area contributed by atoms with Crippen molar-refractivity contribution in [3.8, 4) is 11.5 Å². The number of aromatic hydroxyl groups is 1. The number of methoxy groups -OCH3 is 2. The average Bonchev–Trinajstić information content (AvgIpc) is 2.55. The second-order valence-electron chi connectivity index (χ2n) is 5.01. The van der Waals surface area contributed by atoms with E-state index in [1.165, 1.54) is 7.11 Å². The molecule has 0 heterocycles. The number of nitrogens with zero attached hydrogens (tertiary/aromatic N) is 1. The van der Waals surface area contributed by atoms with Crippen LogP contribution >= 0.6 is 0 Å². The van der Waals surface area contributed by atoms with Gasteiger partial charge < -0.3 is 19.9 Å². The van der Waals surface area contributed by atoms with E-state index < -0.39 is 40.7 Å². The van der Waals surface area contributed by atoms with E-state index >= 15 is 0 Å². The first-order valence-corrected chi connectivity index (χ1v) is 7.16. The lowest BCUT2D eigenvalue weighted by Gasteiger charge is -2.20. The lowest BCUT2D eigenvalue weighted by molar-refractivity contribution is -0.138. The summed E-state index contributed by atoms with van der Waals surface area (Å²) in [5.41, 5.74) is -2.17. The van der Waals surface area contributed by atoms with Crippen LogP contribution in [0, 0.1) is 0 Å². The minimum Gasteiger partial charge on any atom is -0.504 e. The Bertz CT molecular complexity index is 634. The summed E-state index contributed by atoms with van der Waals surface area (Å²) >= 11 is 0. The Balaban J connectivity index is 3.07. The van der Waals surface area contributed by atoms with Crippen molar-refractivity contribution < 1.29 is 37.3 Å². The van der Waals surface area contributed by atoms with Gasteiger partial charge in [0.2, 0.25) is 0 Å². The number of hydrogen-bond acceptors (Lipinski definition) is 5. The number of ether oxygens (including phenoxy) is 2. The SMILES string of the molecule is COCCCNC(=O)N(C)C(=O)c1cc(O)c(OC)cc1C(F)(F)F. The van der Waals surface area contributed by atoms with Gasteiger partial charge in [0.25, 0.3) is 5.91 Å². The molecular weight excluding hydrogens is 345 g/mol. The molecular formula is C15H19F3N2O5. The third-order valence-electron chi connectivity index (χ3n) is 3.27. The zero-order chi connectivity index (χ0) is 19.2. The van der Waals surface area contributed by atoms with Gasteiger partial charge >= 0.3 is 12.2 Å². The number of halogens is 3. The molecule has 0 unspecified atom stereocenters. The third kappa shape index (κ3) is 5.24. The molecule has 1 aromatic rings. The zero-order valence-electron chi connectivity index (χ0n) is 13.9. The number of imide groups is 1. The molecule has 0 radical (unpaired) electrons. The Morgan fingerprint density at radius 3 is 2.44 bits per heavy atom. The first kappa shape index (κ1) is 20.6. The minimum atomic E-state index is -4.87. The van der Waals surface area contributed by atoms with Crippen LogP contribution in [-0.2, 0) is 10.9 Å². The smallest absolute Gasteiger partial charge is 0.417 e. The van der Waals surface area contributed by atoms with Crippen molar-refractivity contribution in [2.45, 2.75) is 12.6 Å². The fourth-order valence-electron chi connectivity index (χ4n) is 1.95. The van der Waals surface area contributed by atoms with E-state index in [1.54, 1.807) is 0 Å². The lowest BCUT2D eigenvalue weighted by atomic mass is 10.0. The first-order valence-electron chi connectivity index (χ1n) is 7.16. The van der Waals surface area contributed by atoms with E-state index in [2.05, 4.69) is 10.1 Å². The molecule has 10 heteroatoms. The Kier molecular flexibility index (Phi) is 7.04. The predicted octanol–water partition coefficient (Wildman–Crippen LogP) is 2.24. The van der Waals surface area contributed by atoms with Gasteiger partial charge in [0.15, 0.2) is 11.5 Å². The molecule has 25 heavy (non-hydrogen) atoms. The van der Waals surface area contributed by atoms with Crippen LogP contribution in [0.2, 0.25) is 0 Å². The van der Waals surface area contributed by atoms with Crippen molar-refractivity contribution in [1.82, 2.24) is 10.2 Å². The van der Waals surface area contributed by atoms with E-state index in [0.717, 1.165) is 14.2 Å². The van der Waals surface area contributed by atoms with E-state index in [-0.39, 0.29) is 6.54 Å². The van der Waals surface area contributed by atoms with E-state index in [9.17, 15) is 27.9 Å². The largest absolute Gasteiger partial charge is 0.504 e. The summed E-state index contributed by atoms with van der Waals surface area (Å²) in [5.74, 6) is -2.29. The number of carbonyl (C=O) groups is 2. The van der Waals surface area contributed by atoms with Crippen LogP contribution in [-0.4, -0.2) is 56.4 Å². The van der Waals surface area contributed by atoms with Gasteiger partial charge in [0, 0.05) is 27.3 Å². The van der Waals surface area contributed by atoms with Crippen molar-refractivity contribution in [2.75, 3.05) is 34.4 Å².